The third-order valence-corrected chi connectivity index (χ3v) is 6.83. The van der Waals surface area contributed by atoms with Crippen molar-refractivity contribution < 1.29 is 8.42 Å². The molecule has 1 saturated heterocycles. The van der Waals surface area contributed by atoms with Crippen LogP contribution in [0.2, 0.25) is 0 Å². The van der Waals surface area contributed by atoms with Crippen LogP contribution in [-0.4, -0.2) is 32.2 Å². The van der Waals surface area contributed by atoms with Crippen LogP contribution >= 0.6 is 11.3 Å². The maximum Gasteiger partial charge on any atom is 0.210 e. The summed E-state index contributed by atoms with van der Waals surface area (Å²) in [5.74, 6) is 0.493. The first-order chi connectivity index (χ1) is 9.15. The first-order valence-electron chi connectivity index (χ1n) is 6.44. The predicted molar refractivity (Wildman–Crippen MR) is 77.3 cm³/mol. The Hall–Kier alpha value is -0.980. The van der Waals surface area contributed by atoms with Crippen LogP contribution in [0.3, 0.4) is 0 Å². The first kappa shape index (κ1) is 13.0. The van der Waals surface area contributed by atoms with Crippen LogP contribution in [0, 0.1) is 5.92 Å². The van der Waals surface area contributed by atoms with Crippen LogP contribution in [0.1, 0.15) is 12.8 Å². The molecule has 0 radical (unpaired) electrons. The van der Waals surface area contributed by atoms with Gasteiger partial charge in [-0.05, 0) is 44.0 Å². The van der Waals surface area contributed by atoms with Crippen LogP contribution in [0.5, 0.6) is 0 Å². The number of hydrogen-bond donors (Lipinski definition) is 1. The zero-order valence-electron chi connectivity index (χ0n) is 10.5. The number of sulfone groups is 1. The molecule has 1 fully saturated rings. The van der Waals surface area contributed by atoms with E-state index in [1.165, 1.54) is 11.3 Å². The second kappa shape index (κ2) is 5.19. The molecule has 4 nitrogen and oxygen atoms in total. The Morgan fingerprint density at radius 2 is 2.00 bits per heavy atom. The standard InChI is InChI=1S/C13H16N2O2S2/c16-19(17,9-10-5-7-14-8-6-10)13-15-11-3-1-2-4-12(11)18-13/h1-4,10,14H,5-9H2. The number of para-hydroxylation sites is 1. The average molecular weight is 296 g/mol. The van der Waals surface area contributed by atoms with Gasteiger partial charge in [0, 0.05) is 0 Å². The normalized spacial score (nSPS) is 17.9. The lowest BCUT2D eigenvalue weighted by atomic mass is 10.0. The predicted octanol–water partition coefficient (Wildman–Crippen LogP) is 2.07. The summed E-state index contributed by atoms with van der Waals surface area (Å²) in [7, 11) is -3.24. The highest BCUT2D eigenvalue weighted by Gasteiger charge is 2.25. The highest BCUT2D eigenvalue weighted by atomic mass is 32.2. The highest BCUT2D eigenvalue weighted by Crippen LogP contribution is 2.27. The van der Waals surface area contributed by atoms with Gasteiger partial charge in [-0.15, -0.1) is 11.3 Å². The van der Waals surface area contributed by atoms with Crippen molar-refractivity contribution in [2.45, 2.75) is 17.2 Å². The molecule has 1 aromatic heterocycles. The molecule has 3 rings (SSSR count). The molecule has 1 aromatic carbocycles. The quantitative estimate of drug-likeness (QED) is 0.942. The summed E-state index contributed by atoms with van der Waals surface area (Å²) in [5.41, 5.74) is 0.774. The van der Waals surface area contributed by atoms with Crippen molar-refractivity contribution in [1.29, 1.82) is 0 Å². The number of fused-ring (bicyclic) bond motifs is 1. The number of hydrogen-bond acceptors (Lipinski definition) is 5. The molecule has 1 N–H and O–H groups in total. The molecule has 1 aliphatic rings. The minimum Gasteiger partial charge on any atom is -0.317 e. The number of benzene rings is 1. The lowest BCUT2D eigenvalue weighted by Gasteiger charge is -2.21. The molecular formula is C13H16N2O2S2. The molecule has 19 heavy (non-hydrogen) atoms. The van der Waals surface area contributed by atoms with E-state index < -0.39 is 9.84 Å². The van der Waals surface area contributed by atoms with Crippen molar-refractivity contribution in [1.82, 2.24) is 10.3 Å². The van der Waals surface area contributed by atoms with E-state index in [0.29, 0.717) is 0 Å². The molecule has 0 spiro atoms. The SMILES string of the molecule is O=S(=O)(CC1CCNCC1)c1nc2ccccc2s1. The van der Waals surface area contributed by atoms with Gasteiger partial charge in [0.05, 0.1) is 16.0 Å². The van der Waals surface area contributed by atoms with E-state index in [2.05, 4.69) is 10.3 Å². The Kier molecular flexibility index (Phi) is 3.56. The van der Waals surface area contributed by atoms with Gasteiger partial charge in [0.1, 0.15) is 0 Å². The molecule has 0 aliphatic carbocycles. The van der Waals surface area contributed by atoms with E-state index in [1.807, 2.05) is 24.3 Å². The zero-order valence-corrected chi connectivity index (χ0v) is 12.1. The third kappa shape index (κ3) is 2.80. The van der Waals surface area contributed by atoms with Crippen molar-refractivity contribution in [2.24, 2.45) is 5.92 Å². The zero-order chi connectivity index (χ0) is 13.3. The fraction of sp³-hybridized carbons (Fsp3) is 0.462. The van der Waals surface area contributed by atoms with Gasteiger partial charge in [0.25, 0.3) is 0 Å². The first-order valence-corrected chi connectivity index (χ1v) is 8.91. The Bertz CT molecular complexity index is 640. The minimum absolute atomic E-state index is 0.231. The van der Waals surface area contributed by atoms with Gasteiger partial charge in [-0.2, -0.15) is 0 Å². The van der Waals surface area contributed by atoms with Crippen LogP contribution in [0.4, 0.5) is 0 Å². The van der Waals surface area contributed by atoms with Gasteiger partial charge in [0.15, 0.2) is 0 Å². The Morgan fingerprint density at radius 3 is 2.74 bits per heavy atom. The molecule has 0 bridgehead atoms. The Labute approximate surface area is 116 Å². The van der Waals surface area contributed by atoms with Crippen molar-refractivity contribution >= 4 is 31.4 Å². The van der Waals surface area contributed by atoms with Crippen molar-refractivity contribution in [3.05, 3.63) is 24.3 Å². The molecular weight excluding hydrogens is 280 g/mol. The lowest BCUT2D eigenvalue weighted by Crippen LogP contribution is -2.31. The summed E-state index contributed by atoms with van der Waals surface area (Å²) >= 11 is 1.28. The van der Waals surface area contributed by atoms with E-state index in [9.17, 15) is 8.42 Å². The molecule has 0 unspecified atom stereocenters. The molecule has 0 saturated carbocycles. The van der Waals surface area contributed by atoms with Crippen LogP contribution in [-0.2, 0) is 9.84 Å². The largest absolute Gasteiger partial charge is 0.317 e. The molecule has 6 heteroatoms. The van der Waals surface area contributed by atoms with Crippen LogP contribution in [0.15, 0.2) is 28.6 Å². The summed E-state index contributed by atoms with van der Waals surface area (Å²) in [6, 6.07) is 7.56. The van der Waals surface area contributed by atoms with Gasteiger partial charge in [-0.25, -0.2) is 13.4 Å². The van der Waals surface area contributed by atoms with Gasteiger partial charge < -0.3 is 5.32 Å². The molecule has 2 heterocycles. The molecule has 0 amide bonds. The van der Waals surface area contributed by atoms with Crippen LogP contribution < -0.4 is 5.32 Å². The van der Waals surface area contributed by atoms with E-state index in [1.54, 1.807) is 0 Å². The third-order valence-electron chi connectivity index (χ3n) is 3.45. The van der Waals surface area contributed by atoms with Gasteiger partial charge in [-0.1, -0.05) is 12.1 Å². The van der Waals surface area contributed by atoms with Crippen molar-refractivity contribution in [3.8, 4) is 0 Å². The molecule has 0 atom stereocenters. The molecule has 2 aromatic rings. The number of thiazole rings is 1. The number of nitrogens with zero attached hydrogens (tertiary/aromatic N) is 1. The topological polar surface area (TPSA) is 59.1 Å². The molecule has 102 valence electrons. The fourth-order valence-electron chi connectivity index (χ4n) is 2.41. The highest BCUT2D eigenvalue weighted by molar-refractivity contribution is 7.93. The molecule has 1 aliphatic heterocycles. The number of aromatic nitrogens is 1. The lowest BCUT2D eigenvalue weighted by molar-refractivity contribution is 0.401. The maximum absolute atomic E-state index is 12.4. The summed E-state index contributed by atoms with van der Waals surface area (Å²) in [6.07, 6.45) is 1.87. The van der Waals surface area contributed by atoms with Gasteiger partial charge in [0.2, 0.25) is 14.2 Å². The minimum atomic E-state index is -3.24. The average Bonchev–Trinajstić information content (AvgIpc) is 2.84. The number of piperidine rings is 1. The number of rotatable bonds is 3. The van der Waals surface area contributed by atoms with Crippen molar-refractivity contribution in [2.75, 3.05) is 18.8 Å². The monoisotopic (exact) mass is 296 g/mol. The summed E-state index contributed by atoms with van der Waals surface area (Å²) < 4.78 is 26.0. The summed E-state index contributed by atoms with van der Waals surface area (Å²) in [6.45, 7) is 1.83. The number of nitrogens with one attached hydrogen (secondary N) is 1. The van der Waals surface area contributed by atoms with Gasteiger partial charge >= 0.3 is 0 Å². The second-order valence-corrected chi connectivity index (χ2v) is 8.16. The van der Waals surface area contributed by atoms with Crippen molar-refractivity contribution in [3.63, 3.8) is 0 Å². The maximum atomic E-state index is 12.4. The summed E-state index contributed by atoms with van der Waals surface area (Å²) in [4.78, 5) is 4.26. The Morgan fingerprint density at radius 1 is 1.26 bits per heavy atom. The van der Waals surface area contributed by atoms with E-state index in [-0.39, 0.29) is 16.0 Å². The van der Waals surface area contributed by atoms with Gasteiger partial charge in [-0.3, -0.25) is 0 Å². The smallest absolute Gasteiger partial charge is 0.210 e. The van der Waals surface area contributed by atoms with E-state index in [0.717, 1.165) is 36.1 Å². The summed E-state index contributed by atoms with van der Waals surface area (Å²) in [5, 5.41) is 3.25. The van der Waals surface area contributed by atoms with Crippen LogP contribution in [0.25, 0.3) is 10.2 Å². The van der Waals surface area contributed by atoms with E-state index in [4.69, 9.17) is 0 Å². The van der Waals surface area contributed by atoms with E-state index >= 15 is 0 Å². The fourth-order valence-corrected chi connectivity index (χ4v) is 5.43. The Balaban J connectivity index is 1.86. The second-order valence-electron chi connectivity index (χ2n) is 4.92.